The fraction of sp³-hybridized carbons (Fsp3) is 0.783. The molecule has 160 valence electrons. The van der Waals surface area contributed by atoms with E-state index >= 15 is 0 Å². The molecule has 0 aromatic carbocycles. The third-order valence-electron chi connectivity index (χ3n) is 9.05. The van der Waals surface area contributed by atoms with Crippen LogP contribution in [0.2, 0.25) is 0 Å². The molecule has 0 aromatic rings. The molecule has 3 fully saturated rings. The minimum absolute atomic E-state index is 0.0974. The topological polar surface area (TPSA) is 97.5 Å². The molecule has 6 unspecified atom stereocenters. The molecule has 6 heteroatoms. The van der Waals surface area contributed by atoms with Crippen LogP contribution in [0.3, 0.4) is 0 Å². The van der Waals surface area contributed by atoms with Crippen molar-refractivity contribution in [2.45, 2.75) is 70.8 Å². The van der Waals surface area contributed by atoms with Crippen LogP contribution in [0.4, 0.5) is 0 Å². The molecular weight excluding hydrogens is 386 g/mol. The number of ketones is 2. The maximum Gasteiger partial charge on any atom is 0.227 e. The SMILES string of the molecule is CC12CCC(=O)C=C1CCC1C2CCC2(C)C1CCC2(O)C(=O)CSCC(N)=O. The zero-order valence-electron chi connectivity index (χ0n) is 17.5. The molecule has 3 N–H and O–H groups in total. The molecule has 4 aliphatic rings. The third kappa shape index (κ3) is 3.13. The van der Waals surface area contributed by atoms with Crippen molar-refractivity contribution in [3.63, 3.8) is 0 Å². The summed E-state index contributed by atoms with van der Waals surface area (Å²) >= 11 is 1.21. The van der Waals surface area contributed by atoms with Crippen molar-refractivity contribution in [2.75, 3.05) is 11.5 Å². The standard InChI is InChI=1S/C23H33NO4S/c1-21-8-5-15(25)11-14(21)3-4-16-17(21)6-9-22(2)18(16)7-10-23(22,28)19(26)12-29-13-20(24)27/h11,16-18,28H,3-10,12-13H2,1-2H3,(H2,24,27). The zero-order valence-corrected chi connectivity index (χ0v) is 18.4. The van der Waals surface area contributed by atoms with Gasteiger partial charge in [-0.2, -0.15) is 0 Å². The first-order chi connectivity index (χ1) is 13.6. The Morgan fingerprint density at radius 3 is 2.55 bits per heavy atom. The highest BCUT2D eigenvalue weighted by Gasteiger charge is 2.65. The number of hydrogen-bond donors (Lipinski definition) is 2. The normalized spacial score (nSPS) is 43.8. The van der Waals surface area contributed by atoms with Gasteiger partial charge in [0.25, 0.3) is 0 Å². The van der Waals surface area contributed by atoms with Gasteiger partial charge in [0.15, 0.2) is 11.6 Å². The fourth-order valence-corrected chi connectivity index (χ4v) is 8.12. The molecule has 0 spiro atoms. The van der Waals surface area contributed by atoms with Crippen molar-refractivity contribution in [3.8, 4) is 0 Å². The van der Waals surface area contributed by atoms with E-state index in [0.29, 0.717) is 30.6 Å². The number of fused-ring (bicyclic) bond motifs is 5. The molecule has 3 saturated carbocycles. The van der Waals surface area contributed by atoms with E-state index in [1.54, 1.807) is 0 Å². The van der Waals surface area contributed by atoms with Crippen molar-refractivity contribution < 1.29 is 19.5 Å². The van der Waals surface area contributed by atoms with Crippen LogP contribution >= 0.6 is 11.8 Å². The second-order valence-corrected chi connectivity index (χ2v) is 11.2. The number of aliphatic hydroxyl groups is 1. The number of nitrogens with two attached hydrogens (primary N) is 1. The molecule has 0 aromatic heterocycles. The van der Waals surface area contributed by atoms with Gasteiger partial charge in [0.1, 0.15) is 5.60 Å². The summed E-state index contributed by atoms with van der Waals surface area (Å²) in [6, 6.07) is 0. The van der Waals surface area contributed by atoms with Crippen LogP contribution in [0, 0.1) is 28.6 Å². The van der Waals surface area contributed by atoms with E-state index in [2.05, 4.69) is 13.8 Å². The molecule has 0 saturated heterocycles. The highest BCUT2D eigenvalue weighted by atomic mass is 32.2. The molecule has 0 heterocycles. The summed E-state index contributed by atoms with van der Waals surface area (Å²) in [6.45, 7) is 4.47. The maximum absolute atomic E-state index is 13.0. The molecule has 29 heavy (non-hydrogen) atoms. The van der Waals surface area contributed by atoms with Crippen molar-refractivity contribution in [2.24, 2.45) is 34.3 Å². The molecule has 4 rings (SSSR count). The van der Waals surface area contributed by atoms with Crippen molar-refractivity contribution >= 4 is 29.2 Å². The Balaban J connectivity index is 1.56. The molecule has 1 amide bonds. The van der Waals surface area contributed by atoms with Crippen LogP contribution in [-0.4, -0.2) is 39.7 Å². The number of amides is 1. The first kappa shape index (κ1) is 21.1. The number of primary amides is 1. The summed E-state index contributed by atoms with van der Waals surface area (Å²) in [4.78, 5) is 36.0. The highest BCUT2D eigenvalue weighted by molar-refractivity contribution is 8.00. The van der Waals surface area contributed by atoms with Gasteiger partial charge in [-0.25, -0.2) is 0 Å². The van der Waals surface area contributed by atoms with Crippen LogP contribution in [-0.2, 0) is 14.4 Å². The lowest BCUT2D eigenvalue weighted by Crippen LogP contribution is -2.58. The number of carbonyl (C=O) groups excluding carboxylic acids is 3. The second-order valence-electron chi connectivity index (χ2n) is 10.2. The zero-order chi connectivity index (χ0) is 21.0. The Hall–Kier alpha value is -1.14. The molecule has 6 atom stereocenters. The molecule has 0 bridgehead atoms. The maximum atomic E-state index is 13.0. The van der Waals surface area contributed by atoms with Gasteiger partial charge in [-0.1, -0.05) is 19.4 Å². The molecule has 0 aliphatic heterocycles. The van der Waals surface area contributed by atoms with Gasteiger partial charge in [-0.15, -0.1) is 11.8 Å². The van der Waals surface area contributed by atoms with E-state index < -0.39 is 16.9 Å². The van der Waals surface area contributed by atoms with Crippen molar-refractivity contribution in [3.05, 3.63) is 11.6 Å². The molecular formula is C23H33NO4S. The van der Waals surface area contributed by atoms with Crippen LogP contribution in [0.1, 0.15) is 65.2 Å². The predicted octanol–water partition coefficient (Wildman–Crippen LogP) is 3.04. The number of allylic oxidation sites excluding steroid dienone is 1. The Bertz CT molecular complexity index is 779. The monoisotopic (exact) mass is 419 g/mol. The number of Topliss-reactive ketones (excluding diaryl/α,β-unsaturated/α-hetero) is 1. The average molecular weight is 420 g/mol. The number of hydrogen-bond acceptors (Lipinski definition) is 5. The third-order valence-corrected chi connectivity index (χ3v) is 10.0. The minimum atomic E-state index is -1.30. The lowest BCUT2D eigenvalue weighted by molar-refractivity contribution is -0.159. The Morgan fingerprint density at radius 2 is 1.83 bits per heavy atom. The minimum Gasteiger partial charge on any atom is -0.381 e. The van der Waals surface area contributed by atoms with Gasteiger partial charge in [0.2, 0.25) is 5.91 Å². The summed E-state index contributed by atoms with van der Waals surface area (Å²) in [5.74, 6) is 1.33. The quantitative estimate of drug-likeness (QED) is 0.714. The second kappa shape index (κ2) is 7.23. The van der Waals surface area contributed by atoms with Crippen LogP contribution < -0.4 is 5.73 Å². The lowest BCUT2D eigenvalue weighted by Gasteiger charge is -2.58. The van der Waals surface area contributed by atoms with E-state index in [4.69, 9.17) is 5.73 Å². The summed E-state index contributed by atoms with van der Waals surface area (Å²) in [5, 5.41) is 11.6. The Labute approximate surface area is 177 Å². The van der Waals surface area contributed by atoms with Gasteiger partial charge < -0.3 is 10.8 Å². The summed E-state index contributed by atoms with van der Waals surface area (Å²) < 4.78 is 0. The smallest absolute Gasteiger partial charge is 0.227 e. The van der Waals surface area contributed by atoms with Gasteiger partial charge in [-0.3, -0.25) is 14.4 Å². The summed E-state index contributed by atoms with van der Waals surface area (Å²) in [6.07, 6.45) is 8.77. The first-order valence-electron chi connectivity index (χ1n) is 11.0. The number of carbonyl (C=O) groups is 3. The number of thioether (sulfide) groups is 1. The van der Waals surface area contributed by atoms with Crippen LogP contribution in [0.25, 0.3) is 0 Å². The largest absolute Gasteiger partial charge is 0.381 e. The summed E-state index contributed by atoms with van der Waals surface area (Å²) in [7, 11) is 0. The van der Waals surface area contributed by atoms with Crippen LogP contribution in [0.5, 0.6) is 0 Å². The van der Waals surface area contributed by atoms with Gasteiger partial charge in [0, 0.05) is 11.8 Å². The predicted molar refractivity (Wildman–Crippen MR) is 113 cm³/mol. The van der Waals surface area contributed by atoms with E-state index in [-0.39, 0.29) is 28.5 Å². The van der Waals surface area contributed by atoms with E-state index in [1.807, 2.05) is 6.08 Å². The van der Waals surface area contributed by atoms with E-state index in [9.17, 15) is 19.5 Å². The van der Waals surface area contributed by atoms with Gasteiger partial charge >= 0.3 is 0 Å². The fourth-order valence-electron chi connectivity index (χ4n) is 7.40. The van der Waals surface area contributed by atoms with E-state index in [0.717, 1.165) is 38.5 Å². The molecule has 4 aliphatic carbocycles. The summed E-state index contributed by atoms with van der Waals surface area (Å²) in [5.41, 5.74) is 4.92. The lowest BCUT2D eigenvalue weighted by atomic mass is 9.46. The number of rotatable bonds is 5. The van der Waals surface area contributed by atoms with Crippen molar-refractivity contribution in [1.29, 1.82) is 0 Å². The Morgan fingerprint density at radius 1 is 1.10 bits per heavy atom. The van der Waals surface area contributed by atoms with Crippen molar-refractivity contribution in [1.82, 2.24) is 0 Å². The first-order valence-corrected chi connectivity index (χ1v) is 12.1. The van der Waals surface area contributed by atoms with E-state index in [1.165, 1.54) is 17.3 Å². The van der Waals surface area contributed by atoms with Crippen LogP contribution in [0.15, 0.2) is 11.6 Å². The molecule has 0 radical (unpaired) electrons. The average Bonchev–Trinajstić information content (AvgIpc) is 2.94. The highest BCUT2D eigenvalue weighted by Crippen LogP contribution is 2.67. The van der Waals surface area contributed by atoms with Gasteiger partial charge in [0.05, 0.1) is 11.5 Å². The molecule has 5 nitrogen and oxygen atoms in total. The Kier molecular flexibility index (Phi) is 5.26. The van der Waals surface area contributed by atoms with Gasteiger partial charge in [-0.05, 0) is 74.2 Å².